The molecule has 0 heterocycles. The lowest BCUT2D eigenvalue weighted by molar-refractivity contribution is -0.114. The lowest BCUT2D eigenvalue weighted by Gasteiger charge is -2.49. The van der Waals surface area contributed by atoms with Crippen LogP contribution in [-0.4, -0.2) is 27.7 Å². The van der Waals surface area contributed by atoms with Crippen LogP contribution in [0.1, 0.15) is 45.4 Å². The third-order valence-electron chi connectivity index (χ3n) is 6.99. The van der Waals surface area contributed by atoms with Crippen molar-refractivity contribution in [3.8, 4) is 12.3 Å². The fraction of sp³-hybridized carbons (Fsp3) is 0.571. The average Bonchev–Trinajstić information content (AvgIpc) is 2.89. The molecule has 1 saturated carbocycles. The van der Waals surface area contributed by atoms with E-state index >= 15 is 0 Å². The van der Waals surface area contributed by atoms with Crippen LogP contribution in [0, 0.1) is 29.6 Å². The Kier molecular flexibility index (Phi) is 3.43. The molecule has 4 aliphatic rings. The summed E-state index contributed by atoms with van der Waals surface area (Å²) in [6.45, 7) is 2.09. The van der Waals surface area contributed by atoms with Crippen molar-refractivity contribution in [2.75, 3.05) is 0 Å². The normalized spacial score (nSPS) is 43.7. The summed E-state index contributed by atoms with van der Waals surface area (Å²) in [6.07, 6.45) is 15.2. The van der Waals surface area contributed by atoms with Crippen molar-refractivity contribution in [2.24, 2.45) is 17.3 Å². The quantitative estimate of drug-likeness (QED) is 0.729. The molecule has 0 aliphatic heterocycles. The molecule has 126 valence electrons. The molecule has 0 radical (unpaired) electrons. The maximum atomic E-state index is 11.7. The number of hydrogen-bond acceptors (Lipinski definition) is 3. The minimum Gasteiger partial charge on any atom is -0.388 e. The zero-order valence-electron chi connectivity index (χ0n) is 14.1. The molecule has 5 atom stereocenters. The second kappa shape index (κ2) is 5.18. The lowest BCUT2D eigenvalue weighted by atomic mass is 9.56. The van der Waals surface area contributed by atoms with Gasteiger partial charge in [0, 0.05) is 11.8 Å². The van der Waals surface area contributed by atoms with E-state index in [1.165, 1.54) is 5.57 Å². The molecule has 0 saturated heterocycles. The Balaban J connectivity index is 1.87. The van der Waals surface area contributed by atoms with Gasteiger partial charge < -0.3 is 10.2 Å². The fourth-order valence-corrected chi connectivity index (χ4v) is 5.76. The molecule has 4 rings (SSSR count). The molecule has 1 fully saturated rings. The van der Waals surface area contributed by atoms with Crippen LogP contribution < -0.4 is 0 Å². The standard InChI is InChI=1S/C21H24O3/c1-3-20-9-7-15-14-6-5-13(22)11-17(14)19(23)12-16(15)18(20)8-10-21(20,24)4-2/h2,7,9,11,16,18-19,23-24H,3,5-6,8,10,12H2,1H3/t16?,18?,19?,20-,21+/m0/s1. The van der Waals surface area contributed by atoms with Crippen LogP contribution in [0.5, 0.6) is 0 Å². The van der Waals surface area contributed by atoms with Crippen molar-refractivity contribution in [3.05, 3.63) is 34.9 Å². The van der Waals surface area contributed by atoms with Crippen LogP contribution in [0.2, 0.25) is 0 Å². The highest BCUT2D eigenvalue weighted by Crippen LogP contribution is 2.62. The van der Waals surface area contributed by atoms with Crippen LogP contribution in [0.15, 0.2) is 34.9 Å². The SMILES string of the molecule is C#C[C@@]1(O)CCC2C3CC(O)C4=CC(=O)CCC4=C3C=C[C@@]21CC. The van der Waals surface area contributed by atoms with Gasteiger partial charge in [-0.15, -0.1) is 6.42 Å². The Hall–Kier alpha value is -1.63. The van der Waals surface area contributed by atoms with Crippen molar-refractivity contribution >= 4 is 5.78 Å². The van der Waals surface area contributed by atoms with Gasteiger partial charge in [-0.3, -0.25) is 4.79 Å². The van der Waals surface area contributed by atoms with Crippen LogP contribution in [-0.2, 0) is 4.79 Å². The van der Waals surface area contributed by atoms with Gasteiger partial charge >= 0.3 is 0 Å². The fourth-order valence-electron chi connectivity index (χ4n) is 5.76. The van der Waals surface area contributed by atoms with Gasteiger partial charge in [0.15, 0.2) is 5.78 Å². The van der Waals surface area contributed by atoms with Crippen molar-refractivity contribution in [1.29, 1.82) is 0 Å². The predicted octanol–water partition coefficient (Wildman–Crippen LogP) is 2.69. The number of aliphatic hydroxyl groups is 2. The van der Waals surface area contributed by atoms with Gasteiger partial charge in [-0.2, -0.15) is 0 Å². The summed E-state index contributed by atoms with van der Waals surface area (Å²) in [7, 11) is 0. The monoisotopic (exact) mass is 324 g/mol. The number of aliphatic hydroxyl groups excluding tert-OH is 1. The molecule has 3 heteroatoms. The Bertz CT molecular complexity index is 735. The van der Waals surface area contributed by atoms with Crippen LogP contribution in [0.25, 0.3) is 0 Å². The topological polar surface area (TPSA) is 57.5 Å². The van der Waals surface area contributed by atoms with E-state index in [1.807, 2.05) is 0 Å². The molecule has 3 unspecified atom stereocenters. The Morgan fingerprint density at radius 3 is 2.92 bits per heavy atom. The number of hydrogen-bond donors (Lipinski definition) is 2. The summed E-state index contributed by atoms with van der Waals surface area (Å²) < 4.78 is 0. The van der Waals surface area contributed by atoms with E-state index in [0.29, 0.717) is 25.7 Å². The smallest absolute Gasteiger partial charge is 0.156 e. The minimum absolute atomic E-state index is 0.108. The summed E-state index contributed by atoms with van der Waals surface area (Å²) in [6, 6.07) is 0. The van der Waals surface area contributed by atoms with Gasteiger partial charge in [0.05, 0.1) is 6.10 Å². The summed E-state index contributed by atoms with van der Waals surface area (Å²) in [4.78, 5) is 11.7. The highest BCUT2D eigenvalue weighted by atomic mass is 16.3. The minimum atomic E-state index is -1.09. The molecule has 0 amide bonds. The lowest BCUT2D eigenvalue weighted by Crippen LogP contribution is -2.49. The number of rotatable bonds is 1. The molecule has 0 aromatic carbocycles. The molecule has 0 aromatic rings. The van der Waals surface area contributed by atoms with E-state index in [2.05, 4.69) is 25.0 Å². The Labute approximate surface area is 143 Å². The zero-order chi connectivity index (χ0) is 17.1. The Morgan fingerprint density at radius 2 is 2.21 bits per heavy atom. The number of terminal acetylenes is 1. The first-order chi connectivity index (χ1) is 11.5. The summed E-state index contributed by atoms with van der Waals surface area (Å²) in [5.41, 5.74) is 1.73. The number of carbonyl (C=O) groups excluding carboxylic acids is 1. The second-order valence-electron chi connectivity index (χ2n) is 7.73. The van der Waals surface area contributed by atoms with Gasteiger partial charge in [0.2, 0.25) is 0 Å². The maximum Gasteiger partial charge on any atom is 0.156 e. The summed E-state index contributed by atoms with van der Waals surface area (Å²) in [5.74, 6) is 3.25. The number of allylic oxidation sites excluding steroid dienone is 3. The van der Waals surface area contributed by atoms with E-state index in [0.717, 1.165) is 24.0 Å². The van der Waals surface area contributed by atoms with Crippen molar-refractivity contribution < 1.29 is 15.0 Å². The highest BCUT2D eigenvalue weighted by molar-refractivity contribution is 5.93. The van der Waals surface area contributed by atoms with E-state index in [4.69, 9.17) is 6.42 Å². The first-order valence-electron chi connectivity index (χ1n) is 9.01. The molecular weight excluding hydrogens is 300 g/mol. The molecule has 0 aromatic heterocycles. The van der Waals surface area contributed by atoms with Crippen molar-refractivity contribution in [1.82, 2.24) is 0 Å². The van der Waals surface area contributed by atoms with Gasteiger partial charge in [-0.05, 0) is 66.7 Å². The molecule has 3 nitrogen and oxygen atoms in total. The third-order valence-corrected chi connectivity index (χ3v) is 6.99. The number of fused-ring (bicyclic) bond motifs is 4. The summed E-state index contributed by atoms with van der Waals surface area (Å²) in [5, 5.41) is 21.7. The third kappa shape index (κ3) is 1.84. The molecule has 4 aliphatic carbocycles. The average molecular weight is 324 g/mol. The molecule has 0 spiro atoms. The first-order valence-corrected chi connectivity index (χ1v) is 9.01. The van der Waals surface area contributed by atoms with Crippen molar-refractivity contribution in [3.63, 3.8) is 0 Å². The Morgan fingerprint density at radius 1 is 1.42 bits per heavy atom. The van der Waals surface area contributed by atoms with Gasteiger partial charge in [-0.25, -0.2) is 0 Å². The first kappa shape index (κ1) is 15.9. The maximum absolute atomic E-state index is 11.7. The van der Waals surface area contributed by atoms with Gasteiger partial charge in [0.25, 0.3) is 0 Å². The number of ketones is 1. The van der Waals surface area contributed by atoms with Gasteiger partial charge in [0.1, 0.15) is 5.60 Å². The molecule has 24 heavy (non-hydrogen) atoms. The van der Waals surface area contributed by atoms with Crippen molar-refractivity contribution in [2.45, 2.75) is 57.2 Å². The summed E-state index contributed by atoms with van der Waals surface area (Å²) >= 11 is 0. The van der Waals surface area contributed by atoms with Crippen LogP contribution in [0.3, 0.4) is 0 Å². The number of carbonyl (C=O) groups is 1. The van der Waals surface area contributed by atoms with Crippen LogP contribution >= 0.6 is 0 Å². The largest absolute Gasteiger partial charge is 0.388 e. The van der Waals surface area contributed by atoms with E-state index in [-0.39, 0.29) is 17.6 Å². The van der Waals surface area contributed by atoms with Crippen LogP contribution in [0.4, 0.5) is 0 Å². The highest BCUT2D eigenvalue weighted by Gasteiger charge is 2.60. The van der Waals surface area contributed by atoms with E-state index in [9.17, 15) is 15.0 Å². The molecular formula is C21H24O3. The van der Waals surface area contributed by atoms with Gasteiger partial charge in [-0.1, -0.05) is 25.0 Å². The van der Waals surface area contributed by atoms with E-state index < -0.39 is 17.1 Å². The molecule has 0 bridgehead atoms. The predicted molar refractivity (Wildman–Crippen MR) is 91.8 cm³/mol. The van der Waals surface area contributed by atoms with E-state index in [1.54, 1.807) is 6.08 Å². The zero-order valence-corrected chi connectivity index (χ0v) is 14.1. The molecule has 2 N–H and O–H groups in total. The second-order valence-corrected chi connectivity index (χ2v) is 7.73.